The van der Waals surface area contributed by atoms with Crippen molar-refractivity contribution < 1.29 is 9.53 Å². The molecule has 0 radical (unpaired) electrons. The molecular formula is C33H46N4O2. The fourth-order valence-corrected chi connectivity index (χ4v) is 8.21. The fourth-order valence-electron chi connectivity index (χ4n) is 8.21. The lowest BCUT2D eigenvalue weighted by atomic mass is 9.68. The van der Waals surface area contributed by atoms with E-state index in [1.165, 1.54) is 48.1 Å². The number of hydrogen-bond donors (Lipinski definition) is 2. The molecule has 3 atom stereocenters. The van der Waals surface area contributed by atoms with E-state index >= 15 is 0 Å². The summed E-state index contributed by atoms with van der Waals surface area (Å²) in [5.74, 6) is 0.141. The molecule has 6 rings (SSSR count). The number of pyridine rings is 1. The Labute approximate surface area is 234 Å². The number of ether oxygens (including phenoxy) is 1. The molecule has 2 unspecified atom stereocenters. The summed E-state index contributed by atoms with van der Waals surface area (Å²) in [6.45, 7) is 7.33. The average Bonchev–Trinajstić information content (AvgIpc) is 3.38. The van der Waals surface area contributed by atoms with Crippen LogP contribution in [0.5, 0.6) is 0 Å². The van der Waals surface area contributed by atoms with Crippen LogP contribution in [0.15, 0.2) is 42.6 Å². The van der Waals surface area contributed by atoms with Crippen LogP contribution in [-0.4, -0.2) is 53.7 Å². The van der Waals surface area contributed by atoms with Gasteiger partial charge in [-0.05, 0) is 101 Å². The molecule has 6 heteroatoms. The van der Waals surface area contributed by atoms with Crippen molar-refractivity contribution in [1.82, 2.24) is 20.5 Å². The molecule has 2 aliphatic carbocycles. The molecule has 1 aromatic heterocycles. The summed E-state index contributed by atoms with van der Waals surface area (Å²) in [7, 11) is 0. The summed E-state index contributed by atoms with van der Waals surface area (Å²) in [6, 6.07) is 14.2. The highest BCUT2D eigenvalue weighted by Gasteiger charge is 2.48. The largest absolute Gasteiger partial charge is 0.375 e. The molecule has 1 saturated carbocycles. The van der Waals surface area contributed by atoms with Crippen LogP contribution in [0.25, 0.3) is 0 Å². The molecule has 2 fully saturated rings. The van der Waals surface area contributed by atoms with Crippen LogP contribution in [0.4, 0.5) is 0 Å². The highest BCUT2D eigenvalue weighted by atomic mass is 16.5. The first kappa shape index (κ1) is 26.9. The molecule has 1 spiro atoms. The van der Waals surface area contributed by atoms with Gasteiger partial charge in [0, 0.05) is 48.6 Å². The van der Waals surface area contributed by atoms with E-state index in [4.69, 9.17) is 9.72 Å². The normalized spacial score (nSPS) is 28.0. The van der Waals surface area contributed by atoms with Crippen LogP contribution in [0.3, 0.4) is 0 Å². The molecule has 1 amide bonds. The van der Waals surface area contributed by atoms with Gasteiger partial charge in [-0.2, -0.15) is 0 Å². The highest BCUT2D eigenvalue weighted by Crippen LogP contribution is 2.50. The van der Waals surface area contributed by atoms with E-state index in [1.54, 1.807) is 0 Å². The van der Waals surface area contributed by atoms with E-state index < -0.39 is 0 Å². The number of amides is 1. The van der Waals surface area contributed by atoms with Crippen molar-refractivity contribution in [3.63, 3.8) is 0 Å². The number of nitrogens with zero attached hydrogens (tertiary/aromatic N) is 2. The van der Waals surface area contributed by atoms with Gasteiger partial charge in [0.1, 0.15) is 0 Å². The van der Waals surface area contributed by atoms with Gasteiger partial charge in [-0.15, -0.1) is 0 Å². The molecule has 3 heterocycles. The average molecular weight is 531 g/mol. The second-order valence-corrected chi connectivity index (χ2v) is 12.9. The first-order valence-electron chi connectivity index (χ1n) is 15.4. The van der Waals surface area contributed by atoms with Crippen molar-refractivity contribution >= 4 is 5.91 Å². The van der Waals surface area contributed by atoms with E-state index in [-0.39, 0.29) is 23.0 Å². The molecule has 6 nitrogen and oxygen atoms in total. The minimum atomic E-state index is 0.0532. The topological polar surface area (TPSA) is 66.5 Å². The molecule has 2 aromatic rings. The summed E-state index contributed by atoms with van der Waals surface area (Å²) in [5.41, 5.74) is 5.78. The van der Waals surface area contributed by atoms with E-state index in [9.17, 15) is 4.79 Å². The number of benzene rings is 1. The van der Waals surface area contributed by atoms with Crippen LogP contribution < -0.4 is 10.6 Å². The molecule has 0 bridgehead atoms. The SMILES string of the molecule is CC(C)NC(=O)CN1CCc2cccc3c2C1CCC3NCC[C@@]1(c2ccccn2)CCOC2(CCCC2)C1. The molecular weight excluding hydrogens is 484 g/mol. The van der Waals surface area contributed by atoms with Crippen molar-refractivity contribution in [3.05, 3.63) is 65.0 Å². The number of carbonyl (C=O) groups excluding carboxylic acids is 1. The van der Waals surface area contributed by atoms with E-state index in [2.05, 4.69) is 45.9 Å². The lowest BCUT2D eigenvalue weighted by Gasteiger charge is -2.47. The third-order valence-corrected chi connectivity index (χ3v) is 9.94. The maximum Gasteiger partial charge on any atom is 0.234 e. The molecule has 2 aliphatic heterocycles. The lowest BCUT2D eigenvalue weighted by Crippen LogP contribution is -2.48. The number of hydrogen-bond acceptors (Lipinski definition) is 5. The Balaban J connectivity index is 1.17. The Hall–Kier alpha value is -2.28. The van der Waals surface area contributed by atoms with Gasteiger partial charge < -0.3 is 15.4 Å². The first-order chi connectivity index (χ1) is 19.0. The molecule has 1 saturated heterocycles. The summed E-state index contributed by atoms with van der Waals surface area (Å²) in [6.07, 6.45) is 13.4. The molecule has 4 aliphatic rings. The van der Waals surface area contributed by atoms with Crippen LogP contribution in [0.2, 0.25) is 0 Å². The quantitative estimate of drug-likeness (QED) is 0.480. The van der Waals surface area contributed by atoms with Crippen molar-refractivity contribution in [1.29, 1.82) is 0 Å². The second-order valence-electron chi connectivity index (χ2n) is 12.9. The predicted octanol–water partition coefficient (Wildman–Crippen LogP) is 5.38. The molecule has 210 valence electrons. The Kier molecular flexibility index (Phi) is 7.80. The molecule has 2 N–H and O–H groups in total. The van der Waals surface area contributed by atoms with Crippen molar-refractivity contribution in [3.8, 4) is 0 Å². The summed E-state index contributed by atoms with van der Waals surface area (Å²) >= 11 is 0. The van der Waals surface area contributed by atoms with Crippen LogP contribution >= 0.6 is 0 Å². The molecule has 1 aromatic carbocycles. The zero-order valence-corrected chi connectivity index (χ0v) is 23.9. The summed E-state index contributed by atoms with van der Waals surface area (Å²) < 4.78 is 6.47. The van der Waals surface area contributed by atoms with Gasteiger partial charge in [-0.25, -0.2) is 0 Å². The number of aromatic nitrogens is 1. The van der Waals surface area contributed by atoms with Gasteiger partial charge in [0.25, 0.3) is 0 Å². The van der Waals surface area contributed by atoms with Gasteiger partial charge in [0.05, 0.1) is 12.1 Å². The molecule has 39 heavy (non-hydrogen) atoms. The van der Waals surface area contributed by atoms with E-state index in [0.29, 0.717) is 18.6 Å². The van der Waals surface area contributed by atoms with Crippen LogP contribution in [0.1, 0.15) is 106 Å². The zero-order valence-electron chi connectivity index (χ0n) is 23.9. The maximum atomic E-state index is 12.6. The van der Waals surface area contributed by atoms with Crippen LogP contribution in [-0.2, 0) is 21.4 Å². The predicted molar refractivity (Wildman–Crippen MR) is 155 cm³/mol. The van der Waals surface area contributed by atoms with Gasteiger partial charge >= 0.3 is 0 Å². The van der Waals surface area contributed by atoms with Gasteiger partial charge in [0.15, 0.2) is 0 Å². The number of nitrogens with one attached hydrogen (secondary N) is 2. The lowest BCUT2D eigenvalue weighted by molar-refractivity contribution is -0.123. The van der Waals surface area contributed by atoms with E-state index in [0.717, 1.165) is 58.2 Å². The van der Waals surface area contributed by atoms with Gasteiger partial charge in [0.2, 0.25) is 5.91 Å². The van der Waals surface area contributed by atoms with Crippen LogP contribution in [0, 0.1) is 0 Å². The second kappa shape index (κ2) is 11.3. The smallest absolute Gasteiger partial charge is 0.234 e. The highest BCUT2D eigenvalue weighted by molar-refractivity contribution is 5.78. The summed E-state index contributed by atoms with van der Waals surface area (Å²) in [4.78, 5) is 19.9. The number of carbonyl (C=O) groups is 1. The fraction of sp³-hybridized carbons (Fsp3) is 0.636. The minimum absolute atomic E-state index is 0.0532. The standard InChI is InChI=1S/C33H46N4O2/c1-24(2)36-30(38)22-37-20-13-25-8-7-9-26-27(11-12-28(37)31(25)26)34-19-16-32(29-10-3-6-18-35-29)17-21-39-33(23-32)14-4-5-15-33/h3,6-10,18,24,27-28,34H,4-5,11-17,19-23H2,1-2H3,(H,36,38)/t27?,28?,32-/m1/s1. The number of rotatable bonds is 8. The van der Waals surface area contributed by atoms with Crippen molar-refractivity contribution in [2.24, 2.45) is 0 Å². The first-order valence-corrected chi connectivity index (χ1v) is 15.4. The zero-order chi connectivity index (χ0) is 26.9. The minimum Gasteiger partial charge on any atom is -0.375 e. The van der Waals surface area contributed by atoms with Gasteiger partial charge in [-0.3, -0.25) is 14.7 Å². The Morgan fingerprint density at radius 1 is 1.13 bits per heavy atom. The monoisotopic (exact) mass is 530 g/mol. The van der Waals surface area contributed by atoms with Crippen molar-refractivity contribution in [2.45, 2.75) is 107 Å². The maximum absolute atomic E-state index is 12.6. The van der Waals surface area contributed by atoms with Gasteiger partial charge in [-0.1, -0.05) is 37.1 Å². The van der Waals surface area contributed by atoms with Crippen molar-refractivity contribution in [2.75, 3.05) is 26.2 Å². The van der Waals surface area contributed by atoms with E-state index in [1.807, 2.05) is 26.1 Å². The Morgan fingerprint density at radius 3 is 2.79 bits per heavy atom. The Morgan fingerprint density at radius 2 is 2.00 bits per heavy atom. The third kappa shape index (κ3) is 5.53. The summed E-state index contributed by atoms with van der Waals surface area (Å²) in [5, 5.41) is 7.10. The third-order valence-electron chi connectivity index (χ3n) is 9.94. The Bertz CT molecular complexity index is 1150.